The molecule has 2 aromatic carbocycles. The molecule has 0 saturated carbocycles. The standard InChI is InChI=1S/C29H24N2O6S2/c1-3-36-28(35)26-17(2)30-29(39-26)31-23(21-10-7-15-38-21)22(25(33)27(31)34)24(32)19-11-13-20(14-12-19)37-16-18-8-5-4-6-9-18/h4-15,23,32H,3,16H2,1-2H3/b24-22+. The number of esters is 1. The predicted octanol–water partition coefficient (Wildman–Crippen LogP) is 5.90. The van der Waals surface area contributed by atoms with Gasteiger partial charge >= 0.3 is 11.9 Å². The molecule has 10 heteroatoms. The number of carbonyl (C=O) groups is 3. The van der Waals surface area contributed by atoms with Gasteiger partial charge in [0.25, 0.3) is 5.78 Å². The average Bonchev–Trinajstić information content (AvgIpc) is 3.67. The predicted molar refractivity (Wildman–Crippen MR) is 149 cm³/mol. The number of aryl methyl sites for hydroxylation is 1. The number of aliphatic hydroxyl groups excluding tert-OH is 1. The minimum absolute atomic E-state index is 0.0501. The molecule has 1 amide bonds. The van der Waals surface area contributed by atoms with Gasteiger partial charge in [0.2, 0.25) is 0 Å². The number of rotatable bonds is 8. The fourth-order valence-corrected chi connectivity index (χ4v) is 6.03. The summed E-state index contributed by atoms with van der Waals surface area (Å²) in [4.78, 5) is 45.6. The zero-order valence-electron chi connectivity index (χ0n) is 21.1. The number of hydrogen-bond donors (Lipinski definition) is 1. The minimum atomic E-state index is -0.903. The summed E-state index contributed by atoms with van der Waals surface area (Å²) in [7, 11) is 0. The zero-order chi connectivity index (χ0) is 27.5. The first-order valence-electron chi connectivity index (χ1n) is 12.1. The lowest BCUT2D eigenvalue weighted by molar-refractivity contribution is -0.132. The summed E-state index contributed by atoms with van der Waals surface area (Å²) in [6, 6.07) is 19.1. The highest BCUT2D eigenvalue weighted by atomic mass is 32.1. The Bertz CT molecular complexity index is 1540. The molecule has 1 aliphatic rings. The third kappa shape index (κ3) is 5.21. The van der Waals surface area contributed by atoms with Gasteiger partial charge in [0, 0.05) is 10.4 Å². The lowest BCUT2D eigenvalue weighted by Gasteiger charge is -2.21. The smallest absolute Gasteiger partial charge is 0.350 e. The number of hydrogen-bond acceptors (Lipinski definition) is 9. The van der Waals surface area contributed by atoms with Gasteiger partial charge in [-0.05, 0) is 55.1 Å². The minimum Gasteiger partial charge on any atom is -0.507 e. The second-order valence-corrected chi connectivity index (χ2v) is 10.6. The molecule has 0 aliphatic carbocycles. The maximum atomic E-state index is 13.3. The first-order chi connectivity index (χ1) is 18.9. The van der Waals surface area contributed by atoms with E-state index in [0.29, 0.717) is 28.5 Å². The van der Waals surface area contributed by atoms with E-state index in [-0.39, 0.29) is 27.9 Å². The van der Waals surface area contributed by atoms with E-state index in [4.69, 9.17) is 9.47 Å². The van der Waals surface area contributed by atoms with Gasteiger partial charge < -0.3 is 14.6 Å². The van der Waals surface area contributed by atoms with Gasteiger partial charge in [-0.1, -0.05) is 47.7 Å². The largest absolute Gasteiger partial charge is 0.507 e. The molecule has 4 aromatic rings. The quantitative estimate of drug-likeness (QED) is 0.124. The third-order valence-electron chi connectivity index (χ3n) is 6.09. The van der Waals surface area contributed by atoms with Crippen molar-refractivity contribution in [2.45, 2.75) is 26.5 Å². The van der Waals surface area contributed by atoms with E-state index in [2.05, 4.69) is 4.98 Å². The highest BCUT2D eigenvalue weighted by molar-refractivity contribution is 7.18. The molecule has 3 heterocycles. The molecule has 0 radical (unpaired) electrons. The number of benzene rings is 2. The number of Topliss-reactive ketones (excluding diaryl/α,β-unsaturated/α-hetero) is 1. The highest BCUT2D eigenvalue weighted by Crippen LogP contribution is 2.45. The van der Waals surface area contributed by atoms with E-state index < -0.39 is 23.7 Å². The maximum Gasteiger partial charge on any atom is 0.350 e. The van der Waals surface area contributed by atoms with Crippen molar-refractivity contribution in [2.24, 2.45) is 0 Å². The molecular weight excluding hydrogens is 536 g/mol. The lowest BCUT2D eigenvalue weighted by Crippen LogP contribution is -2.29. The number of anilines is 1. The number of aromatic nitrogens is 1. The summed E-state index contributed by atoms with van der Waals surface area (Å²) < 4.78 is 10.9. The number of ketones is 1. The molecule has 1 N–H and O–H groups in total. The summed E-state index contributed by atoms with van der Waals surface area (Å²) >= 11 is 2.32. The number of thiazole rings is 1. The Labute approximate surface area is 232 Å². The Balaban J connectivity index is 1.49. The summed E-state index contributed by atoms with van der Waals surface area (Å²) in [6.07, 6.45) is 0. The van der Waals surface area contributed by atoms with Crippen molar-refractivity contribution in [2.75, 3.05) is 11.5 Å². The van der Waals surface area contributed by atoms with E-state index in [1.807, 2.05) is 35.7 Å². The molecule has 39 heavy (non-hydrogen) atoms. The van der Waals surface area contributed by atoms with Crippen LogP contribution in [-0.2, 0) is 20.9 Å². The molecule has 0 spiro atoms. The summed E-state index contributed by atoms with van der Waals surface area (Å²) in [5, 5.41) is 13.3. The van der Waals surface area contributed by atoms with Crippen molar-refractivity contribution in [1.82, 2.24) is 4.98 Å². The first kappa shape index (κ1) is 26.3. The van der Waals surface area contributed by atoms with Crippen LogP contribution >= 0.6 is 22.7 Å². The van der Waals surface area contributed by atoms with Crippen LogP contribution in [0.4, 0.5) is 5.13 Å². The number of carbonyl (C=O) groups excluding carboxylic acids is 3. The van der Waals surface area contributed by atoms with E-state index in [0.717, 1.165) is 16.9 Å². The number of amides is 1. The average molecular weight is 561 g/mol. The Morgan fingerprint density at radius 1 is 1.05 bits per heavy atom. The van der Waals surface area contributed by atoms with Gasteiger partial charge in [-0.2, -0.15) is 0 Å². The van der Waals surface area contributed by atoms with Crippen LogP contribution in [-0.4, -0.2) is 34.4 Å². The molecular formula is C29H24N2O6S2. The summed E-state index contributed by atoms with van der Waals surface area (Å²) in [5.74, 6) is -1.92. The Hall–Kier alpha value is -4.28. The molecule has 198 valence electrons. The van der Waals surface area contributed by atoms with Crippen LogP contribution in [0.1, 0.15) is 44.3 Å². The SMILES string of the molecule is CCOC(=O)c1sc(N2C(=O)C(=O)/C(=C(/O)c3ccc(OCc4ccccc4)cc3)C2c2cccs2)nc1C. The van der Waals surface area contributed by atoms with Gasteiger partial charge in [-0.3, -0.25) is 14.5 Å². The molecule has 2 aromatic heterocycles. The topological polar surface area (TPSA) is 106 Å². The van der Waals surface area contributed by atoms with Crippen molar-refractivity contribution >= 4 is 51.2 Å². The van der Waals surface area contributed by atoms with Crippen molar-refractivity contribution in [3.63, 3.8) is 0 Å². The third-order valence-corrected chi connectivity index (χ3v) is 8.15. The van der Waals surface area contributed by atoms with E-state index >= 15 is 0 Å². The van der Waals surface area contributed by atoms with Crippen LogP contribution in [0.25, 0.3) is 5.76 Å². The molecule has 1 fully saturated rings. The molecule has 1 aliphatic heterocycles. The second kappa shape index (κ2) is 11.2. The highest BCUT2D eigenvalue weighted by Gasteiger charge is 2.49. The van der Waals surface area contributed by atoms with Gasteiger partial charge in [-0.25, -0.2) is 9.78 Å². The van der Waals surface area contributed by atoms with Crippen molar-refractivity contribution in [3.05, 3.63) is 104 Å². The fourth-order valence-electron chi connectivity index (χ4n) is 4.22. The first-order valence-corrected chi connectivity index (χ1v) is 13.8. The Morgan fingerprint density at radius 3 is 2.46 bits per heavy atom. The number of aliphatic hydroxyl groups is 1. The zero-order valence-corrected chi connectivity index (χ0v) is 22.8. The lowest BCUT2D eigenvalue weighted by atomic mass is 10.00. The van der Waals surface area contributed by atoms with Crippen LogP contribution in [0.15, 0.2) is 77.7 Å². The Kier molecular flexibility index (Phi) is 7.58. The second-order valence-electron chi connectivity index (χ2n) is 8.61. The van der Waals surface area contributed by atoms with Gasteiger partial charge in [0.1, 0.15) is 29.0 Å². The van der Waals surface area contributed by atoms with Crippen molar-refractivity contribution in [1.29, 1.82) is 0 Å². The number of nitrogens with zero attached hydrogens (tertiary/aromatic N) is 2. The van der Waals surface area contributed by atoms with E-state index in [1.54, 1.807) is 50.2 Å². The molecule has 1 atom stereocenters. The van der Waals surface area contributed by atoms with Crippen LogP contribution in [0.2, 0.25) is 0 Å². The van der Waals surface area contributed by atoms with Crippen molar-refractivity contribution < 1.29 is 29.0 Å². The van der Waals surface area contributed by atoms with Crippen molar-refractivity contribution in [3.8, 4) is 5.75 Å². The molecule has 5 rings (SSSR count). The number of thiophene rings is 1. The van der Waals surface area contributed by atoms with E-state index in [1.165, 1.54) is 16.2 Å². The number of ether oxygens (including phenoxy) is 2. The van der Waals surface area contributed by atoms with Crippen LogP contribution < -0.4 is 9.64 Å². The molecule has 0 bridgehead atoms. The van der Waals surface area contributed by atoms with Gasteiger partial charge in [0.05, 0.1) is 17.9 Å². The van der Waals surface area contributed by atoms with Crippen LogP contribution in [0, 0.1) is 6.92 Å². The normalized spacial score (nSPS) is 16.5. The monoisotopic (exact) mass is 560 g/mol. The molecule has 1 unspecified atom stereocenters. The summed E-state index contributed by atoms with van der Waals surface area (Å²) in [5.41, 5.74) is 1.73. The fraction of sp³-hybridized carbons (Fsp3) is 0.172. The summed E-state index contributed by atoms with van der Waals surface area (Å²) in [6.45, 7) is 3.93. The van der Waals surface area contributed by atoms with Gasteiger partial charge in [0.15, 0.2) is 5.13 Å². The van der Waals surface area contributed by atoms with Crippen LogP contribution in [0.5, 0.6) is 5.75 Å². The molecule has 8 nitrogen and oxygen atoms in total. The van der Waals surface area contributed by atoms with Crippen LogP contribution in [0.3, 0.4) is 0 Å². The van der Waals surface area contributed by atoms with Gasteiger partial charge in [-0.15, -0.1) is 11.3 Å². The molecule has 1 saturated heterocycles. The maximum absolute atomic E-state index is 13.3. The van der Waals surface area contributed by atoms with E-state index in [9.17, 15) is 19.5 Å². The Morgan fingerprint density at radius 2 is 1.79 bits per heavy atom.